The summed E-state index contributed by atoms with van der Waals surface area (Å²) in [5, 5.41) is 0. The number of carbonyl (C=O) groups is 2. The number of hydrogen-bond acceptors (Lipinski definition) is 4. The van der Waals surface area contributed by atoms with Crippen LogP contribution in [0.3, 0.4) is 0 Å². The van der Waals surface area contributed by atoms with Crippen LogP contribution in [0.1, 0.15) is 19.3 Å². The molecular weight excluding hydrogens is 206 g/mol. The molecule has 0 aromatic heterocycles. The standard InChI is InChI=1S/C11H17N3O2/c1-13-5-8(12)7-4-9(15)14(6-2-3-6)11(16)10(7)13/h6-8,10H,2-5,12H2,1H3. The Bertz CT molecular complexity index is 353. The third-order valence-electron chi connectivity index (χ3n) is 4.01. The lowest BCUT2D eigenvalue weighted by atomic mass is 9.88. The molecule has 3 aliphatic rings. The fraction of sp³-hybridized carbons (Fsp3) is 0.818. The Labute approximate surface area is 94.6 Å². The van der Waals surface area contributed by atoms with Crippen LogP contribution in [-0.2, 0) is 9.59 Å². The topological polar surface area (TPSA) is 66.6 Å². The summed E-state index contributed by atoms with van der Waals surface area (Å²) < 4.78 is 0. The number of rotatable bonds is 1. The van der Waals surface area contributed by atoms with Crippen molar-refractivity contribution in [2.45, 2.75) is 37.4 Å². The van der Waals surface area contributed by atoms with Gasteiger partial charge >= 0.3 is 0 Å². The second kappa shape index (κ2) is 3.28. The molecule has 3 unspecified atom stereocenters. The van der Waals surface area contributed by atoms with Crippen LogP contribution in [0.25, 0.3) is 0 Å². The van der Waals surface area contributed by atoms with Gasteiger partial charge in [-0.15, -0.1) is 0 Å². The number of imide groups is 1. The van der Waals surface area contributed by atoms with Crippen LogP contribution in [0.15, 0.2) is 0 Å². The van der Waals surface area contributed by atoms with Gasteiger partial charge < -0.3 is 5.73 Å². The Hall–Kier alpha value is -0.940. The van der Waals surface area contributed by atoms with E-state index in [0.29, 0.717) is 13.0 Å². The van der Waals surface area contributed by atoms with E-state index >= 15 is 0 Å². The quantitative estimate of drug-likeness (QED) is 0.589. The molecule has 0 bridgehead atoms. The molecule has 3 atom stereocenters. The van der Waals surface area contributed by atoms with Crippen LogP contribution in [0.2, 0.25) is 0 Å². The molecule has 2 amide bonds. The van der Waals surface area contributed by atoms with Gasteiger partial charge in [0.05, 0.1) is 6.04 Å². The number of carbonyl (C=O) groups excluding carboxylic acids is 2. The van der Waals surface area contributed by atoms with E-state index in [0.717, 1.165) is 12.8 Å². The Kier molecular flexibility index (Phi) is 2.09. The molecule has 3 rings (SSSR count). The average molecular weight is 223 g/mol. The summed E-state index contributed by atoms with van der Waals surface area (Å²) in [4.78, 5) is 27.7. The Morgan fingerprint density at radius 1 is 1.31 bits per heavy atom. The van der Waals surface area contributed by atoms with E-state index in [-0.39, 0.29) is 35.9 Å². The first-order valence-electron chi connectivity index (χ1n) is 5.91. The number of piperidine rings is 1. The van der Waals surface area contributed by atoms with Crippen LogP contribution in [0, 0.1) is 5.92 Å². The fourth-order valence-corrected chi connectivity index (χ4v) is 3.06. The van der Waals surface area contributed by atoms with E-state index in [1.807, 2.05) is 11.9 Å². The Morgan fingerprint density at radius 2 is 2.00 bits per heavy atom. The van der Waals surface area contributed by atoms with Gasteiger partial charge in [0.15, 0.2) is 0 Å². The van der Waals surface area contributed by atoms with Crippen molar-refractivity contribution in [2.24, 2.45) is 11.7 Å². The summed E-state index contributed by atoms with van der Waals surface area (Å²) >= 11 is 0. The molecule has 0 spiro atoms. The number of likely N-dealkylation sites (N-methyl/N-ethyl adjacent to an activating group) is 1. The second-order valence-corrected chi connectivity index (χ2v) is 5.25. The summed E-state index contributed by atoms with van der Waals surface area (Å²) in [5.74, 6) is -0.00120. The van der Waals surface area contributed by atoms with Crippen molar-refractivity contribution >= 4 is 11.8 Å². The van der Waals surface area contributed by atoms with Gasteiger partial charge in [0.25, 0.3) is 0 Å². The summed E-state index contributed by atoms with van der Waals surface area (Å²) in [6.07, 6.45) is 2.40. The SMILES string of the molecule is CN1CC(N)C2CC(=O)N(C3CC3)C(=O)C21. The van der Waals surface area contributed by atoms with Crippen LogP contribution < -0.4 is 5.73 Å². The highest BCUT2D eigenvalue weighted by Crippen LogP contribution is 2.37. The summed E-state index contributed by atoms with van der Waals surface area (Å²) in [6.45, 7) is 0.715. The molecule has 1 saturated carbocycles. The highest BCUT2D eigenvalue weighted by atomic mass is 16.2. The van der Waals surface area contributed by atoms with Crippen LogP contribution in [0.4, 0.5) is 0 Å². The average Bonchev–Trinajstić information content (AvgIpc) is 2.96. The maximum Gasteiger partial charge on any atom is 0.247 e. The van der Waals surface area contributed by atoms with E-state index in [1.165, 1.54) is 4.90 Å². The minimum absolute atomic E-state index is 0.0144. The van der Waals surface area contributed by atoms with Crippen molar-refractivity contribution in [3.63, 3.8) is 0 Å². The molecule has 5 heteroatoms. The lowest BCUT2D eigenvalue weighted by molar-refractivity contribution is -0.154. The number of nitrogens with zero attached hydrogens (tertiary/aromatic N) is 2. The predicted octanol–water partition coefficient (Wildman–Crippen LogP) is -0.835. The summed E-state index contributed by atoms with van der Waals surface area (Å²) in [7, 11) is 1.92. The van der Waals surface area contributed by atoms with Crippen molar-refractivity contribution in [3.8, 4) is 0 Å². The molecule has 2 N–H and O–H groups in total. The maximum atomic E-state index is 12.3. The van der Waals surface area contributed by atoms with Crippen LogP contribution in [-0.4, -0.2) is 53.3 Å². The maximum absolute atomic E-state index is 12.3. The number of hydrogen-bond donors (Lipinski definition) is 1. The van der Waals surface area contributed by atoms with Crippen molar-refractivity contribution in [2.75, 3.05) is 13.6 Å². The van der Waals surface area contributed by atoms with Crippen LogP contribution >= 0.6 is 0 Å². The normalized spacial score (nSPS) is 40.4. The van der Waals surface area contributed by atoms with Gasteiger partial charge in [-0.25, -0.2) is 0 Å². The predicted molar refractivity (Wildman–Crippen MR) is 57.4 cm³/mol. The molecule has 2 aliphatic heterocycles. The van der Waals surface area contributed by atoms with Gasteiger partial charge in [-0.1, -0.05) is 0 Å². The third kappa shape index (κ3) is 1.31. The molecule has 2 saturated heterocycles. The van der Waals surface area contributed by atoms with Crippen molar-refractivity contribution in [1.82, 2.24) is 9.80 Å². The lowest BCUT2D eigenvalue weighted by Crippen LogP contribution is -2.56. The minimum Gasteiger partial charge on any atom is -0.326 e. The van der Waals surface area contributed by atoms with Crippen LogP contribution in [0.5, 0.6) is 0 Å². The molecule has 0 aromatic rings. The highest BCUT2D eigenvalue weighted by molar-refractivity contribution is 6.01. The molecular formula is C11H17N3O2. The van der Waals surface area contributed by atoms with E-state index in [1.54, 1.807) is 0 Å². The fourth-order valence-electron chi connectivity index (χ4n) is 3.06. The first kappa shape index (κ1) is 10.2. The zero-order valence-corrected chi connectivity index (χ0v) is 9.43. The van der Waals surface area contributed by atoms with Gasteiger partial charge in [-0.05, 0) is 19.9 Å². The zero-order valence-electron chi connectivity index (χ0n) is 9.43. The molecule has 2 heterocycles. The van der Waals surface area contributed by atoms with E-state index in [9.17, 15) is 9.59 Å². The monoisotopic (exact) mass is 223 g/mol. The number of amides is 2. The molecule has 0 aromatic carbocycles. The summed E-state index contributed by atoms with van der Waals surface area (Å²) in [5.41, 5.74) is 5.98. The molecule has 16 heavy (non-hydrogen) atoms. The molecule has 3 fully saturated rings. The van der Waals surface area contributed by atoms with E-state index < -0.39 is 0 Å². The number of likely N-dealkylation sites (tertiary alicyclic amines) is 2. The number of nitrogens with two attached hydrogens (primary N) is 1. The molecule has 88 valence electrons. The van der Waals surface area contributed by atoms with E-state index in [2.05, 4.69) is 0 Å². The second-order valence-electron chi connectivity index (χ2n) is 5.25. The lowest BCUT2D eigenvalue weighted by Gasteiger charge is -2.35. The van der Waals surface area contributed by atoms with Crippen molar-refractivity contribution < 1.29 is 9.59 Å². The van der Waals surface area contributed by atoms with Gasteiger partial charge in [0.2, 0.25) is 11.8 Å². The van der Waals surface area contributed by atoms with Crippen molar-refractivity contribution in [1.29, 1.82) is 0 Å². The van der Waals surface area contributed by atoms with Gasteiger partial charge in [-0.2, -0.15) is 0 Å². The van der Waals surface area contributed by atoms with Gasteiger partial charge in [-0.3, -0.25) is 19.4 Å². The molecule has 0 radical (unpaired) electrons. The smallest absolute Gasteiger partial charge is 0.247 e. The first-order chi connectivity index (χ1) is 7.59. The van der Waals surface area contributed by atoms with Gasteiger partial charge in [0.1, 0.15) is 0 Å². The highest BCUT2D eigenvalue weighted by Gasteiger charge is 2.52. The number of fused-ring (bicyclic) bond motifs is 1. The van der Waals surface area contributed by atoms with E-state index in [4.69, 9.17) is 5.73 Å². The zero-order chi connectivity index (χ0) is 11.4. The Morgan fingerprint density at radius 3 is 2.62 bits per heavy atom. The minimum atomic E-state index is -0.159. The molecule has 1 aliphatic carbocycles. The summed E-state index contributed by atoms with van der Waals surface area (Å²) in [6, 6.07) is -0.0104. The molecule has 5 nitrogen and oxygen atoms in total. The van der Waals surface area contributed by atoms with Gasteiger partial charge in [0, 0.05) is 31.0 Å². The Balaban J connectivity index is 1.89. The third-order valence-corrected chi connectivity index (χ3v) is 4.01. The first-order valence-corrected chi connectivity index (χ1v) is 5.91. The largest absolute Gasteiger partial charge is 0.326 e. The van der Waals surface area contributed by atoms with Crippen molar-refractivity contribution in [3.05, 3.63) is 0 Å².